The third-order valence-electron chi connectivity index (χ3n) is 3.44. The van der Waals surface area contributed by atoms with Crippen molar-refractivity contribution in [1.82, 2.24) is 0 Å². The molecule has 1 rings (SSSR count). The summed E-state index contributed by atoms with van der Waals surface area (Å²) in [7, 11) is 0. The Morgan fingerprint density at radius 1 is 1.50 bits per heavy atom. The van der Waals surface area contributed by atoms with Gasteiger partial charge in [0.25, 0.3) is 0 Å². The lowest BCUT2D eigenvalue weighted by Crippen LogP contribution is -2.35. The summed E-state index contributed by atoms with van der Waals surface area (Å²) in [4.78, 5) is 0. The van der Waals surface area contributed by atoms with Crippen LogP contribution < -0.4 is 5.73 Å². The molecule has 1 heterocycles. The van der Waals surface area contributed by atoms with Crippen molar-refractivity contribution < 1.29 is 4.74 Å². The average molecular weight is 199 g/mol. The average Bonchev–Trinajstić information content (AvgIpc) is 2.51. The van der Waals surface area contributed by atoms with Crippen LogP contribution in [0.4, 0.5) is 0 Å². The van der Waals surface area contributed by atoms with Gasteiger partial charge in [-0.05, 0) is 25.7 Å². The van der Waals surface area contributed by atoms with Crippen molar-refractivity contribution in [3.05, 3.63) is 0 Å². The van der Waals surface area contributed by atoms with Gasteiger partial charge >= 0.3 is 0 Å². The molecule has 0 aromatic rings. The monoisotopic (exact) mass is 199 g/mol. The minimum Gasteiger partial charge on any atom is -0.378 e. The molecule has 0 aromatic carbocycles. The van der Waals surface area contributed by atoms with Gasteiger partial charge in [0, 0.05) is 18.6 Å². The summed E-state index contributed by atoms with van der Waals surface area (Å²) >= 11 is 0. The van der Waals surface area contributed by atoms with E-state index in [0.717, 1.165) is 25.4 Å². The van der Waals surface area contributed by atoms with E-state index >= 15 is 0 Å². The summed E-state index contributed by atoms with van der Waals surface area (Å²) in [6.07, 6.45) is 5.26. The van der Waals surface area contributed by atoms with Crippen molar-refractivity contribution in [3.8, 4) is 0 Å². The first-order valence-corrected chi connectivity index (χ1v) is 6.02. The van der Waals surface area contributed by atoms with Crippen molar-refractivity contribution in [2.24, 2.45) is 17.6 Å². The molecule has 1 aliphatic rings. The topological polar surface area (TPSA) is 35.2 Å². The van der Waals surface area contributed by atoms with Crippen LogP contribution in [0.5, 0.6) is 0 Å². The maximum atomic E-state index is 6.22. The van der Waals surface area contributed by atoms with E-state index in [2.05, 4.69) is 20.8 Å². The van der Waals surface area contributed by atoms with Crippen LogP contribution in [-0.2, 0) is 4.74 Å². The fourth-order valence-electron chi connectivity index (χ4n) is 2.56. The van der Waals surface area contributed by atoms with Crippen molar-refractivity contribution >= 4 is 0 Å². The normalized spacial score (nSPS) is 31.7. The quantitative estimate of drug-likeness (QED) is 0.738. The van der Waals surface area contributed by atoms with E-state index in [1.54, 1.807) is 0 Å². The van der Waals surface area contributed by atoms with Crippen LogP contribution in [0, 0.1) is 11.8 Å². The van der Waals surface area contributed by atoms with Crippen LogP contribution in [0.3, 0.4) is 0 Å². The van der Waals surface area contributed by atoms with E-state index in [1.165, 1.54) is 12.8 Å². The first-order valence-electron chi connectivity index (χ1n) is 6.02. The van der Waals surface area contributed by atoms with E-state index in [9.17, 15) is 0 Å². The third-order valence-corrected chi connectivity index (χ3v) is 3.44. The van der Waals surface area contributed by atoms with Crippen LogP contribution in [0.1, 0.15) is 46.5 Å². The summed E-state index contributed by atoms with van der Waals surface area (Å²) < 4.78 is 5.55. The number of nitrogens with two attached hydrogens (primary N) is 1. The van der Waals surface area contributed by atoms with Crippen molar-refractivity contribution in [1.29, 1.82) is 0 Å². The molecule has 0 amide bonds. The molecule has 0 radical (unpaired) electrons. The van der Waals surface area contributed by atoms with Crippen molar-refractivity contribution in [3.63, 3.8) is 0 Å². The Bertz CT molecular complexity index is 160. The summed E-state index contributed by atoms with van der Waals surface area (Å²) in [6.45, 7) is 7.61. The second kappa shape index (κ2) is 5.72. The maximum absolute atomic E-state index is 6.22. The summed E-state index contributed by atoms with van der Waals surface area (Å²) in [5.41, 5.74) is 6.22. The Morgan fingerprint density at radius 2 is 2.21 bits per heavy atom. The Kier molecular flexibility index (Phi) is 4.90. The maximum Gasteiger partial charge on any atom is 0.0590 e. The molecule has 1 saturated heterocycles. The van der Waals surface area contributed by atoms with E-state index in [4.69, 9.17) is 10.5 Å². The molecule has 0 saturated carbocycles. The van der Waals surface area contributed by atoms with Crippen LogP contribution in [-0.4, -0.2) is 18.8 Å². The molecule has 14 heavy (non-hydrogen) atoms. The molecule has 0 aliphatic carbocycles. The Hall–Kier alpha value is -0.0800. The van der Waals surface area contributed by atoms with Crippen LogP contribution >= 0.6 is 0 Å². The highest BCUT2D eigenvalue weighted by molar-refractivity contribution is 4.83. The van der Waals surface area contributed by atoms with Gasteiger partial charge in [0.2, 0.25) is 0 Å². The highest BCUT2D eigenvalue weighted by Gasteiger charge is 2.30. The first-order chi connectivity index (χ1) is 6.65. The molecule has 0 bridgehead atoms. The summed E-state index contributed by atoms with van der Waals surface area (Å²) in [5.74, 6) is 1.36. The fraction of sp³-hybridized carbons (Fsp3) is 1.00. The number of rotatable bonds is 5. The predicted octanol–water partition coefficient (Wildman–Crippen LogP) is 2.57. The zero-order valence-corrected chi connectivity index (χ0v) is 9.83. The standard InChI is InChI=1S/C12H25NO/c1-4-5-9(2)8-12(13)11-6-7-14-10(11)3/h9-12H,4-8,13H2,1-3H3. The number of hydrogen-bond acceptors (Lipinski definition) is 2. The Labute approximate surface area is 88.2 Å². The zero-order chi connectivity index (χ0) is 10.6. The Balaban J connectivity index is 2.29. The highest BCUT2D eigenvalue weighted by atomic mass is 16.5. The second-order valence-electron chi connectivity index (χ2n) is 4.82. The molecule has 2 N–H and O–H groups in total. The lowest BCUT2D eigenvalue weighted by Gasteiger charge is -2.24. The second-order valence-corrected chi connectivity index (χ2v) is 4.82. The van der Waals surface area contributed by atoms with Gasteiger partial charge in [0.05, 0.1) is 6.10 Å². The van der Waals surface area contributed by atoms with Gasteiger partial charge in [-0.3, -0.25) is 0 Å². The van der Waals surface area contributed by atoms with Gasteiger partial charge in [-0.15, -0.1) is 0 Å². The third kappa shape index (κ3) is 3.25. The van der Waals surface area contributed by atoms with Gasteiger partial charge in [-0.2, -0.15) is 0 Å². The molecule has 1 fully saturated rings. The predicted molar refractivity (Wildman–Crippen MR) is 60.2 cm³/mol. The van der Waals surface area contributed by atoms with Gasteiger partial charge in [0.1, 0.15) is 0 Å². The molecule has 2 nitrogen and oxygen atoms in total. The van der Waals surface area contributed by atoms with Gasteiger partial charge in [0.15, 0.2) is 0 Å². The van der Waals surface area contributed by atoms with Crippen LogP contribution in [0.25, 0.3) is 0 Å². The number of ether oxygens (including phenoxy) is 1. The molecule has 0 aromatic heterocycles. The van der Waals surface area contributed by atoms with Gasteiger partial charge in [-0.25, -0.2) is 0 Å². The molecule has 2 heteroatoms. The zero-order valence-electron chi connectivity index (χ0n) is 9.83. The van der Waals surface area contributed by atoms with Crippen molar-refractivity contribution in [2.75, 3.05) is 6.61 Å². The van der Waals surface area contributed by atoms with Crippen molar-refractivity contribution in [2.45, 2.75) is 58.6 Å². The van der Waals surface area contributed by atoms with E-state index in [0.29, 0.717) is 18.1 Å². The Morgan fingerprint density at radius 3 is 2.71 bits per heavy atom. The minimum absolute atomic E-state index is 0.342. The van der Waals surface area contributed by atoms with E-state index in [-0.39, 0.29) is 0 Å². The lowest BCUT2D eigenvalue weighted by atomic mass is 9.86. The van der Waals surface area contributed by atoms with Gasteiger partial charge < -0.3 is 10.5 Å². The summed E-state index contributed by atoms with van der Waals surface area (Å²) in [6, 6.07) is 0.342. The smallest absolute Gasteiger partial charge is 0.0590 e. The van der Waals surface area contributed by atoms with Crippen LogP contribution in [0.15, 0.2) is 0 Å². The minimum atomic E-state index is 0.342. The van der Waals surface area contributed by atoms with Crippen LogP contribution in [0.2, 0.25) is 0 Å². The van der Waals surface area contributed by atoms with E-state index in [1.807, 2.05) is 0 Å². The SMILES string of the molecule is CCCC(C)CC(N)C1CCOC1C. The number of hydrogen-bond donors (Lipinski definition) is 1. The first kappa shape index (κ1) is 12.0. The molecular weight excluding hydrogens is 174 g/mol. The molecule has 4 unspecified atom stereocenters. The highest BCUT2D eigenvalue weighted by Crippen LogP contribution is 2.26. The molecular formula is C12H25NO. The fourth-order valence-corrected chi connectivity index (χ4v) is 2.56. The van der Waals surface area contributed by atoms with Gasteiger partial charge in [-0.1, -0.05) is 26.7 Å². The molecule has 4 atom stereocenters. The molecule has 84 valence electrons. The largest absolute Gasteiger partial charge is 0.378 e. The molecule has 1 aliphatic heterocycles. The molecule has 0 spiro atoms. The van der Waals surface area contributed by atoms with E-state index < -0.39 is 0 Å². The lowest BCUT2D eigenvalue weighted by molar-refractivity contribution is 0.0969. The summed E-state index contributed by atoms with van der Waals surface area (Å²) in [5, 5.41) is 0.